The first-order valence-electron chi connectivity index (χ1n) is 10.5. The predicted octanol–water partition coefficient (Wildman–Crippen LogP) is 2.21. The van der Waals surface area contributed by atoms with Gasteiger partial charge in [0.15, 0.2) is 6.23 Å². The first kappa shape index (κ1) is 20.6. The summed E-state index contributed by atoms with van der Waals surface area (Å²) >= 11 is 0. The number of benzene rings is 1. The number of aliphatic hydroxyl groups excluding tert-OH is 1. The lowest BCUT2D eigenvalue weighted by Gasteiger charge is -2.26. The second-order valence-electron chi connectivity index (χ2n) is 8.23. The van der Waals surface area contributed by atoms with E-state index in [-0.39, 0.29) is 6.61 Å². The van der Waals surface area contributed by atoms with Crippen molar-refractivity contribution in [2.24, 2.45) is 0 Å². The average Bonchev–Trinajstić information content (AvgIpc) is 3.31. The van der Waals surface area contributed by atoms with Crippen LogP contribution in [-0.4, -0.2) is 54.1 Å². The monoisotopic (exact) mass is 435 g/mol. The lowest BCUT2D eigenvalue weighted by atomic mass is 9.95. The third kappa shape index (κ3) is 3.35. The van der Waals surface area contributed by atoms with Crippen molar-refractivity contribution in [2.45, 2.75) is 44.3 Å². The SMILES string of the molecule is CCc1ccc2ccc(OC[C@H]3O[C@@H](n4ccc5c(N)ncnc54)[C@H](O)[C@]3(C)O)cc2n1. The fraction of sp³-hybridized carbons (Fsp3) is 0.348. The molecular weight excluding hydrogens is 410 g/mol. The molecule has 166 valence electrons. The molecule has 9 nitrogen and oxygen atoms in total. The highest BCUT2D eigenvalue weighted by atomic mass is 16.6. The van der Waals surface area contributed by atoms with Gasteiger partial charge in [0.1, 0.15) is 48.0 Å². The van der Waals surface area contributed by atoms with Gasteiger partial charge in [-0.05, 0) is 37.6 Å². The summed E-state index contributed by atoms with van der Waals surface area (Å²) < 4.78 is 13.6. The predicted molar refractivity (Wildman–Crippen MR) is 119 cm³/mol. The number of hydrogen-bond acceptors (Lipinski definition) is 8. The van der Waals surface area contributed by atoms with E-state index in [9.17, 15) is 10.2 Å². The average molecular weight is 435 g/mol. The molecule has 0 bridgehead atoms. The maximum absolute atomic E-state index is 11.0. The second kappa shape index (κ2) is 7.70. The van der Waals surface area contributed by atoms with Crippen molar-refractivity contribution in [3.63, 3.8) is 0 Å². The Labute approximate surface area is 184 Å². The number of aryl methyl sites for hydroxylation is 1. The number of pyridine rings is 1. The molecule has 0 amide bonds. The number of ether oxygens (including phenoxy) is 2. The van der Waals surface area contributed by atoms with Gasteiger partial charge in [0.05, 0.1) is 10.9 Å². The van der Waals surface area contributed by atoms with Crippen molar-refractivity contribution in [3.05, 3.63) is 54.6 Å². The molecule has 4 N–H and O–H groups in total. The molecule has 0 saturated carbocycles. The number of aromatic nitrogens is 4. The molecule has 1 fully saturated rings. The van der Waals surface area contributed by atoms with Crippen molar-refractivity contribution >= 4 is 27.8 Å². The van der Waals surface area contributed by atoms with Gasteiger partial charge in [0, 0.05) is 23.3 Å². The molecular formula is C23H25N5O4. The van der Waals surface area contributed by atoms with E-state index >= 15 is 0 Å². The summed E-state index contributed by atoms with van der Waals surface area (Å²) in [7, 11) is 0. The molecule has 4 atom stereocenters. The Kier molecular flexibility index (Phi) is 4.96. The molecule has 5 rings (SSSR count). The highest BCUT2D eigenvalue weighted by Crippen LogP contribution is 2.39. The van der Waals surface area contributed by atoms with Crippen molar-refractivity contribution in [1.82, 2.24) is 19.5 Å². The molecule has 1 saturated heterocycles. The Morgan fingerprint density at radius 3 is 2.84 bits per heavy atom. The molecule has 4 heterocycles. The van der Waals surface area contributed by atoms with Gasteiger partial charge in [-0.1, -0.05) is 13.0 Å². The van der Waals surface area contributed by atoms with Gasteiger partial charge < -0.3 is 30.0 Å². The van der Waals surface area contributed by atoms with Crippen molar-refractivity contribution in [1.29, 1.82) is 0 Å². The van der Waals surface area contributed by atoms with Gasteiger partial charge in [-0.2, -0.15) is 0 Å². The van der Waals surface area contributed by atoms with Gasteiger partial charge >= 0.3 is 0 Å². The molecule has 9 heteroatoms. The normalized spacial score (nSPS) is 25.6. The van der Waals surface area contributed by atoms with Gasteiger partial charge in [0.2, 0.25) is 0 Å². The van der Waals surface area contributed by atoms with Gasteiger partial charge in [-0.3, -0.25) is 4.98 Å². The van der Waals surface area contributed by atoms with Crippen LogP contribution in [0.1, 0.15) is 25.8 Å². The summed E-state index contributed by atoms with van der Waals surface area (Å²) in [5, 5.41) is 23.5. The smallest absolute Gasteiger partial charge is 0.164 e. The fourth-order valence-corrected chi connectivity index (χ4v) is 4.08. The Morgan fingerprint density at radius 2 is 2.03 bits per heavy atom. The Bertz CT molecular complexity index is 1290. The summed E-state index contributed by atoms with van der Waals surface area (Å²) in [6.07, 6.45) is 1.09. The first-order chi connectivity index (χ1) is 15.4. The second-order valence-corrected chi connectivity index (χ2v) is 8.23. The third-order valence-electron chi connectivity index (χ3n) is 6.12. The van der Waals surface area contributed by atoms with Crippen LogP contribution in [-0.2, 0) is 11.2 Å². The summed E-state index contributed by atoms with van der Waals surface area (Å²) in [5.41, 5.74) is 6.74. The molecule has 1 aliphatic rings. The van der Waals surface area contributed by atoms with E-state index in [0.717, 1.165) is 23.0 Å². The van der Waals surface area contributed by atoms with Crippen molar-refractivity contribution < 1.29 is 19.7 Å². The Morgan fingerprint density at radius 1 is 1.22 bits per heavy atom. The highest BCUT2D eigenvalue weighted by molar-refractivity contribution is 5.86. The van der Waals surface area contributed by atoms with Crippen LogP contribution < -0.4 is 10.5 Å². The number of fused-ring (bicyclic) bond motifs is 2. The van der Waals surface area contributed by atoms with Crippen molar-refractivity contribution in [3.8, 4) is 5.75 Å². The van der Waals surface area contributed by atoms with Gasteiger partial charge in [-0.15, -0.1) is 0 Å². The van der Waals surface area contributed by atoms with E-state index < -0.39 is 24.0 Å². The Balaban J connectivity index is 1.37. The molecule has 32 heavy (non-hydrogen) atoms. The van der Waals surface area contributed by atoms with E-state index in [1.54, 1.807) is 16.8 Å². The number of rotatable bonds is 5. The molecule has 0 spiro atoms. The summed E-state index contributed by atoms with van der Waals surface area (Å²) in [6, 6.07) is 11.5. The highest BCUT2D eigenvalue weighted by Gasteiger charge is 2.53. The number of nitrogens with zero attached hydrogens (tertiary/aromatic N) is 4. The molecule has 1 aliphatic heterocycles. The van der Waals surface area contributed by atoms with Crippen LogP contribution in [0.5, 0.6) is 5.75 Å². The first-order valence-corrected chi connectivity index (χ1v) is 10.5. The number of hydrogen-bond donors (Lipinski definition) is 3. The van der Waals surface area contributed by atoms with Crippen LogP contribution in [0.3, 0.4) is 0 Å². The van der Waals surface area contributed by atoms with Crippen LogP contribution >= 0.6 is 0 Å². The number of nitrogen functional groups attached to an aromatic ring is 1. The molecule has 0 aliphatic carbocycles. The lowest BCUT2D eigenvalue weighted by molar-refractivity contribution is -0.0765. The zero-order valence-corrected chi connectivity index (χ0v) is 17.8. The number of nitrogens with two attached hydrogens (primary N) is 1. The van der Waals surface area contributed by atoms with E-state index in [1.165, 1.54) is 13.3 Å². The molecule has 3 aromatic heterocycles. The minimum absolute atomic E-state index is 0.0514. The minimum Gasteiger partial charge on any atom is -0.491 e. The van der Waals surface area contributed by atoms with Crippen LogP contribution in [0.4, 0.5) is 5.82 Å². The summed E-state index contributed by atoms with van der Waals surface area (Å²) in [4.78, 5) is 12.9. The maximum atomic E-state index is 11.0. The third-order valence-corrected chi connectivity index (χ3v) is 6.12. The van der Waals surface area contributed by atoms with Crippen molar-refractivity contribution in [2.75, 3.05) is 12.3 Å². The summed E-state index contributed by atoms with van der Waals surface area (Å²) in [5.74, 6) is 0.951. The zero-order valence-electron chi connectivity index (χ0n) is 17.8. The van der Waals surface area contributed by atoms with Gasteiger partial charge in [0.25, 0.3) is 0 Å². The standard InChI is InChI=1S/C23H25N5O4/c1-3-14-6-4-13-5-7-15(10-17(13)27-14)31-11-18-23(2,30)19(29)22(32-18)28-9-8-16-20(24)25-12-26-21(16)28/h4-10,12,18-19,22,29-30H,3,11H2,1-2H3,(H2,24,25,26)/t18-,19+,22-,23-/m1/s1. The maximum Gasteiger partial charge on any atom is 0.164 e. The van der Waals surface area contributed by atoms with E-state index in [1.807, 2.05) is 30.3 Å². The molecule has 0 radical (unpaired) electrons. The Hall–Kier alpha value is -3.27. The largest absolute Gasteiger partial charge is 0.491 e. The van der Waals surface area contributed by atoms with E-state index in [2.05, 4.69) is 21.9 Å². The molecule has 1 aromatic carbocycles. The quantitative estimate of drug-likeness (QED) is 0.435. The van der Waals surface area contributed by atoms with Crippen LogP contribution in [0, 0.1) is 0 Å². The van der Waals surface area contributed by atoms with E-state index in [0.29, 0.717) is 22.6 Å². The fourth-order valence-electron chi connectivity index (χ4n) is 4.08. The van der Waals surface area contributed by atoms with E-state index in [4.69, 9.17) is 15.2 Å². The van der Waals surface area contributed by atoms with Crippen LogP contribution in [0.25, 0.3) is 21.9 Å². The zero-order chi connectivity index (χ0) is 22.5. The van der Waals surface area contributed by atoms with Gasteiger partial charge in [-0.25, -0.2) is 9.97 Å². The molecule has 0 unspecified atom stereocenters. The van der Waals surface area contributed by atoms with Crippen LogP contribution in [0.2, 0.25) is 0 Å². The van der Waals surface area contributed by atoms with Crippen LogP contribution in [0.15, 0.2) is 48.9 Å². The number of anilines is 1. The minimum atomic E-state index is -1.54. The lowest BCUT2D eigenvalue weighted by Crippen LogP contribution is -2.47. The molecule has 4 aromatic rings. The number of aliphatic hydroxyl groups is 2. The topological polar surface area (TPSA) is 129 Å². The summed E-state index contributed by atoms with van der Waals surface area (Å²) in [6.45, 7) is 3.65.